The maximum Gasteiger partial charge on any atom is 0.153 e. The number of nitrogens with zero attached hydrogens (tertiary/aromatic N) is 2. The van der Waals surface area contributed by atoms with Crippen molar-refractivity contribution in [1.29, 1.82) is 0 Å². The number of hydrogen-bond acceptors (Lipinski definition) is 5. The van der Waals surface area contributed by atoms with Crippen molar-refractivity contribution in [3.05, 3.63) is 42.1 Å². The number of hydrogen-bond donors (Lipinski definition) is 2. The van der Waals surface area contributed by atoms with E-state index in [0.717, 1.165) is 67.3 Å². The van der Waals surface area contributed by atoms with Crippen LogP contribution in [0.3, 0.4) is 0 Å². The topological polar surface area (TPSA) is 66.3 Å². The second kappa shape index (κ2) is 7.39. The number of rotatable bonds is 6. The van der Waals surface area contributed by atoms with Crippen molar-refractivity contribution in [3.63, 3.8) is 0 Å². The molecule has 0 saturated carbocycles. The fourth-order valence-electron chi connectivity index (χ4n) is 3.32. The molecule has 0 amide bonds. The highest BCUT2D eigenvalue weighted by atomic mass is 16.5. The van der Waals surface area contributed by atoms with Gasteiger partial charge in [-0.3, -0.25) is 10.00 Å². The largest absolute Gasteiger partial charge is 0.454 e. The number of furan rings is 1. The maximum atomic E-state index is 5.95. The number of ether oxygens (including phenoxy) is 1. The lowest BCUT2D eigenvalue weighted by atomic mass is 10.2. The van der Waals surface area contributed by atoms with Crippen LogP contribution in [0, 0.1) is 0 Å². The molecule has 1 aliphatic heterocycles. The van der Waals surface area contributed by atoms with Gasteiger partial charge in [0.2, 0.25) is 0 Å². The Kier molecular flexibility index (Phi) is 4.83. The summed E-state index contributed by atoms with van der Waals surface area (Å²) in [5, 5.41) is 11.9. The van der Waals surface area contributed by atoms with E-state index in [1.54, 1.807) is 0 Å². The Balaban J connectivity index is 1.40. The van der Waals surface area contributed by atoms with Crippen molar-refractivity contribution in [3.8, 4) is 11.5 Å². The van der Waals surface area contributed by atoms with Crippen LogP contribution in [0.15, 0.2) is 40.9 Å². The summed E-state index contributed by atoms with van der Waals surface area (Å²) in [4.78, 5) is 2.42. The minimum absolute atomic E-state index is 0.246. The van der Waals surface area contributed by atoms with Gasteiger partial charge in [0.25, 0.3) is 0 Å². The van der Waals surface area contributed by atoms with Crippen molar-refractivity contribution in [2.75, 3.05) is 32.8 Å². The zero-order chi connectivity index (χ0) is 17.1. The third-order valence-electron chi connectivity index (χ3n) is 4.75. The summed E-state index contributed by atoms with van der Waals surface area (Å²) in [6.45, 7) is 7.68. The average molecular weight is 340 g/mol. The molecule has 1 atom stereocenters. The summed E-state index contributed by atoms with van der Waals surface area (Å²) in [7, 11) is 0. The van der Waals surface area contributed by atoms with Crippen LogP contribution in [0.2, 0.25) is 0 Å². The Morgan fingerprint density at radius 2 is 2.28 bits per heavy atom. The molecule has 1 saturated heterocycles. The van der Waals surface area contributed by atoms with Gasteiger partial charge in [-0.2, -0.15) is 5.10 Å². The van der Waals surface area contributed by atoms with Crippen LogP contribution in [-0.2, 0) is 11.3 Å². The first-order valence-corrected chi connectivity index (χ1v) is 8.89. The monoisotopic (exact) mass is 340 g/mol. The van der Waals surface area contributed by atoms with Gasteiger partial charge in [0.1, 0.15) is 11.3 Å². The number of fused-ring (bicyclic) bond motifs is 1. The van der Waals surface area contributed by atoms with Gasteiger partial charge in [-0.1, -0.05) is 25.1 Å². The van der Waals surface area contributed by atoms with Crippen LogP contribution in [0.25, 0.3) is 22.4 Å². The molecule has 0 spiro atoms. The maximum absolute atomic E-state index is 5.95. The van der Waals surface area contributed by atoms with E-state index in [1.807, 2.05) is 24.4 Å². The minimum atomic E-state index is 0.246. The Bertz CT molecular complexity index is 793. The summed E-state index contributed by atoms with van der Waals surface area (Å²) in [6, 6.07) is 10.1. The fraction of sp³-hybridized carbons (Fsp3) is 0.421. The highest BCUT2D eigenvalue weighted by molar-refractivity contribution is 5.82. The third-order valence-corrected chi connectivity index (χ3v) is 4.75. The SMILES string of the molecule is CCN1CCO[C@H](CNCc2cn[nH]c2-c2cc3ccccc3o2)C1. The summed E-state index contributed by atoms with van der Waals surface area (Å²) < 4.78 is 11.8. The Labute approximate surface area is 147 Å². The quantitative estimate of drug-likeness (QED) is 0.722. The van der Waals surface area contributed by atoms with E-state index in [4.69, 9.17) is 9.15 Å². The molecule has 4 rings (SSSR count). The molecule has 0 unspecified atom stereocenters. The molecule has 3 aromatic rings. The lowest BCUT2D eigenvalue weighted by Crippen LogP contribution is -2.46. The fourth-order valence-corrected chi connectivity index (χ4v) is 3.32. The van der Waals surface area contributed by atoms with Crippen molar-refractivity contribution in [2.45, 2.75) is 19.6 Å². The molecule has 1 aliphatic rings. The van der Waals surface area contributed by atoms with Gasteiger partial charge in [-0.05, 0) is 18.7 Å². The molecule has 6 nitrogen and oxygen atoms in total. The second-order valence-electron chi connectivity index (χ2n) is 6.44. The van der Waals surface area contributed by atoms with Crippen molar-refractivity contribution in [1.82, 2.24) is 20.4 Å². The molecule has 0 aliphatic carbocycles. The Morgan fingerprint density at radius 3 is 3.16 bits per heavy atom. The Hall–Kier alpha value is -2.15. The van der Waals surface area contributed by atoms with E-state index in [2.05, 4.69) is 39.5 Å². The number of aromatic amines is 1. The predicted molar refractivity (Wildman–Crippen MR) is 97.4 cm³/mol. The highest BCUT2D eigenvalue weighted by Gasteiger charge is 2.19. The van der Waals surface area contributed by atoms with Gasteiger partial charge in [0.15, 0.2) is 5.76 Å². The third kappa shape index (κ3) is 3.61. The van der Waals surface area contributed by atoms with Gasteiger partial charge in [-0.25, -0.2) is 0 Å². The minimum Gasteiger partial charge on any atom is -0.454 e. The zero-order valence-corrected chi connectivity index (χ0v) is 14.5. The number of H-pyrrole nitrogens is 1. The number of aromatic nitrogens is 2. The van der Waals surface area contributed by atoms with Gasteiger partial charge in [-0.15, -0.1) is 0 Å². The summed E-state index contributed by atoms with van der Waals surface area (Å²) >= 11 is 0. The van der Waals surface area contributed by atoms with E-state index in [9.17, 15) is 0 Å². The lowest BCUT2D eigenvalue weighted by molar-refractivity contribution is -0.0253. The number of morpholine rings is 1. The van der Waals surface area contributed by atoms with Crippen molar-refractivity contribution in [2.24, 2.45) is 0 Å². The average Bonchev–Trinajstić information content (AvgIpc) is 3.28. The predicted octanol–water partition coefficient (Wildman–Crippen LogP) is 2.63. The first-order chi connectivity index (χ1) is 12.3. The molecular weight excluding hydrogens is 316 g/mol. The molecule has 0 bridgehead atoms. The van der Waals surface area contributed by atoms with Gasteiger partial charge >= 0.3 is 0 Å². The standard InChI is InChI=1S/C19H24N4O2/c1-2-23-7-8-24-16(13-23)12-20-10-15-11-21-22-19(15)18-9-14-5-3-4-6-17(14)25-18/h3-6,9,11,16,20H,2,7-8,10,12-13H2,1H3,(H,21,22)/t16-/m1/s1. The van der Waals surface area contributed by atoms with E-state index in [-0.39, 0.29) is 6.10 Å². The smallest absolute Gasteiger partial charge is 0.153 e. The molecule has 0 radical (unpaired) electrons. The van der Waals surface area contributed by atoms with Crippen molar-refractivity contribution < 1.29 is 9.15 Å². The van der Waals surface area contributed by atoms with Crippen LogP contribution in [0.1, 0.15) is 12.5 Å². The van der Waals surface area contributed by atoms with E-state index in [0.29, 0.717) is 0 Å². The summed E-state index contributed by atoms with van der Waals surface area (Å²) in [6.07, 6.45) is 2.10. The number of nitrogens with one attached hydrogen (secondary N) is 2. The summed E-state index contributed by atoms with van der Waals surface area (Å²) in [5.74, 6) is 0.821. The first kappa shape index (κ1) is 16.3. The van der Waals surface area contributed by atoms with Crippen molar-refractivity contribution >= 4 is 11.0 Å². The van der Waals surface area contributed by atoms with Crippen LogP contribution < -0.4 is 5.32 Å². The van der Waals surface area contributed by atoms with E-state index in [1.165, 1.54) is 0 Å². The van der Waals surface area contributed by atoms with Gasteiger partial charge in [0, 0.05) is 37.1 Å². The van der Waals surface area contributed by atoms with Crippen LogP contribution in [0.5, 0.6) is 0 Å². The Morgan fingerprint density at radius 1 is 1.36 bits per heavy atom. The van der Waals surface area contributed by atoms with Gasteiger partial charge in [0.05, 0.1) is 18.9 Å². The molecule has 1 aromatic carbocycles. The number of benzene rings is 1. The first-order valence-electron chi connectivity index (χ1n) is 8.89. The second-order valence-corrected chi connectivity index (χ2v) is 6.44. The van der Waals surface area contributed by atoms with Crippen LogP contribution in [0.4, 0.5) is 0 Å². The van der Waals surface area contributed by atoms with Gasteiger partial charge < -0.3 is 14.5 Å². The number of likely N-dealkylation sites (N-methyl/N-ethyl adjacent to an activating group) is 1. The molecule has 132 valence electrons. The molecule has 25 heavy (non-hydrogen) atoms. The highest BCUT2D eigenvalue weighted by Crippen LogP contribution is 2.28. The number of para-hydroxylation sites is 1. The van der Waals surface area contributed by atoms with Crippen LogP contribution in [-0.4, -0.2) is 54.0 Å². The normalized spacial score (nSPS) is 18.8. The zero-order valence-electron chi connectivity index (χ0n) is 14.5. The molecule has 3 heterocycles. The molecule has 1 fully saturated rings. The lowest BCUT2D eigenvalue weighted by Gasteiger charge is -2.32. The van der Waals surface area contributed by atoms with E-state index >= 15 is 0 Å². The summed E-state index contributed by atoms with van der Waals surface area (Å²) in [5.41, 5.74) is 2.92. The molecule has 2 aromatic heterocycles. The van der Waals surface area contributed by atoms with Crippen LogP contribution >= 0.6 is 0 Å². The molecule has 2 N–H and O–H groups in total. The molecular formula is C19H24N4O2. The molecule has 6 heteroatoms. The van der Waals surface area contributed by atoms with E-state index < -0.39 is 0 Å².